The van der Waals surface area contributed by atoms with Gasteiger partial charge in [0.2, 0.25) is 15.9 Å². The highest BCUT2D eigenvalue weighted by Crippen LogP contribution is 2.20. The molecule has 11 heteroatoms. The van der Waals surface area contributed by atoms with Crippen molar-refractivity contribution in [1.82, 2.24) is 14.4 Å². The van der Waals surface area contributed by atoms with Gasteiger partial charge in [-0.2, -0.15) is 0 Å². The molecular formula is C18H20N4O5S2. The number of aryl methyl sites for hydroxylation is 1. The minimum absolute atomic E-state index is 0.0637. The average Bonchev–Trinajstić information content (AvgIpc) is 3.14. The lowest BCUT2D eigenvalue weighted by Gasteiger charge is -2.09. The van der Waals surface area contributed by atoms with Gasteiger partial charge in [-0.05, 0) is 36.8 Å². The number of methoxy groups -OCH3 is 1. The van der Waals surface area contributed by atoms with Crippen LogP contribution in [0, 0.1) is 0 Å². The first-order valence-corrected chi connectivity index (χ1v) is 11.1. The molecule has 0 atom stereocenters. The summed E-state index contributed by atoms with van der Waals surface area (Å²) in [5.74, 6) is 0.0210. The van der Waals surface area contributed by atoms with Crippen LogP contribution < -0.4 is 20.4 Å². The molecule has 0 spiro atoms. The van der Waals surface area contributed by atoms with Crippen LogP contribution in [0.3, 0.4) is 0 Å². The number of hydrogen-bond acceptors (Lipinski definition) is 7. The third-order valence-corrected chi connectivity index (χ3v) is 6.77. The highest BCUT2D eigenvalue weighted by atomic mass is 32.2. The van der Waals surface area contributed by atoms with E-state index in [-0.39, 0.29) is 23.4 Å². The van der Waals surface area contributed by atoms with E-state index >= 15 is 0 Å². The van der Waals surface area contributed by atoms with Crippen molar-refractivity contribution in [1.29, 1.82) is 0 Å². The third kappa shape index (κ3) is 4.81. The summed E-state index contributed by atoms with van der Waals surface area (Å²) in [6, 6.07) is 7.65. The van der Waals surface area contributed by atoms with Crippen LogP contribution in [0.4, 0.5) is 0 Å². The van der Waals surface area contributed by atoms with Gasteiger partial charge in [-0.3, -0.25) is 15.0 Å². The molecule has 154 valence electrons. The van der Waals surface area contributed by atoms with Crippen molar-refractivity contribution >= 4 is 37.5 Å². The van der Waals surface area contributed by atoms with Crippen LogP contribution in [0.25, 0.3) is 10.2 Å². The number of ether oxygens (including phenoxy) is 1. The number of benzene rings is 1. The number of rotatable bonds is 8. The summed E-state index contributed by atoms with van der Waals surface area (Å²) < 4.78 is 32.9. The smallest absolute Gasteiger partial charge is 0.280 e. The van der Waals surface area contributed by atoms with Crippen LogP contribution in [0.2, 0.25) is 0 Å². The van der Waals surface area contributed by atoms with E-state index in [0.29, 0.717) is 16.0 Å². The van der Waals surface area contributed by atoms with E-state index in [2.05, 4.69) is 15.1 Å². The second-order valence-electron chi connectivity index (χ2n) is 6.06. The molecule has 2 N–H and O–H groups in total. The maximum Gasteiger partial charge on any atom is 0.280 e. The molecule has 0 aliphatic carbocycles. The fourth-order valence-corrected chi connectivity index (χ4v) is 4.51. The van der Waals surface area contributed by atoms with E-state index in [1.54, 1.807) is 6.07 Å². The summed E-state index contributed by atoms with van der Waals surface area (Å²) in [4.78, 5) is 30.5. The van der Waals surface area contributed by atoms with E-state index < -0.39 is 15.9 Å². The summed E-state index contributed by atoms with van der Waals surface area (Å²) >= 11 is 1.43. The van der Waals surface area contributed by atoms with E-state index in [1.807, 2.05) is 6.92 Å². The van der Waals surface area contributed by atoms with E-state index in [4.69, 9.17) is 4.74 Å². The van der Waals surface area contributed by atoms with Gasteiger partial charge in [0.1, 0.15) is 16.9 Å². The van der Waals surface area contributed by atoms with Crippen molar-refractivity contribution in [2.24, 2.45) is 0 Å². The summed E-state index contributed by atoms with van der Waals surface area (Å²) in [7, 11) is -2.27. The lowest BCUT2D eigenvalue weighted by atomic mass is 10.3. The Labute approximate surface area is 171 Å². The zero-order chi connectivity index (χ0) is 21.0. The second kappa shape index (κ2) is 8.72. The molecule has 0 bridgehead atoms. The van der Waals surface area contributed by atoms with Crippen LogP contribution in [-0.4, -0.2) is 37.6 Å². The number of nitrogens with zero attached hydrogens (tertiary/aromatic N) is 2. The molecule has 2 heterocycles. The Bertz CT molecular complexity index is 1180. The van der Waals surface area contributed by atoms with Crippen LogP contribution in [0.15, 0.2) is 46.3 Å². The fraction of sp³-hybridized carbons (Fsp3) is 0.278. The van der Waals surface area contributed by atoms with Gasteiger partial charge in [-0.15, -0.1) is 11.3 Å². The van der Waals surface area contributed by atoms with Crippen LogP contribution in [-0.2, 0) is 21.2 Å². The molecule has 0 fully saturated rings. The standard InChI is InChI=1S/C18H20N4O5S2/c1-3-13-10-15-17(28-13)19-11-22(18(15)24)21-16(23)8-9-20-29(25,26)14-6-4-12(27-2)5-7-14/h4-7,10-11,20H,3,8-9H2,1-2H3,(H,21,23). The lowest BCUT2D eigenvalue weighted by Crippen LogP contribution is -2.35. The summed E-state index contributed by atoms with van der Waals surface area (Å²) in [6.45, 7) is 1.86. The molecule has 0 saturated heterocycles. The minimum Gasteiger partial charge on any atom is -0.497 e. The van der Waals surface area contributed by atoms with Gasteiger partial charge in [0, 0.05) is 17.8 Å². The van der Waals surface area contributed by atoms with Gasteiger partial charge in [-0.25, -0.2) is 22.8 Å². The number of hydrogen-bond donors (Lipinski definition) is 2. The van der Waals surface area contributed by atoms with Crippen LogP contribution in [0.1, 0.15) is 18.2 Å². The molecule has 1 aromatic carbocycles. The van der Waals surface area contributed by atoms with Gasteiger partial charge in [0.05, 0.1) is 17.4 Å². The van der Waals surface area contributed by atoms with E-state index in [0.717, 1.165) is 16.0 Å². The molecule has 1 amide bonds. The first-order valence-electron chi connectivity index (χ1n) is 8.77. The minimum atomic E-state index is -3.76. The van der Waals surface area contributed by atoms with Gasteiger partial charge in [0.25, 0.3) is 5.56 Å². The third-order valence-electron chi connectivity index (χ3n) is 4.11. The normalized spacial score (nSPS) is 11.5. The SMILES string of the molecule is CCc1cc2c(=O)n(NC(=O)CCNS(=O)(=O)c3ccc(OC)cc3)cnc2s1. The number of thiophene rings is 1. The van der Waals surface area contributed by atoms with E-state index in [1.165, 1.54) is 49.0 Å². The Morgan fingerprint density at radius 3 is 2.66 bits per heavy atom. The predicted molar refractivity (Wildman–Crippen MR) is 110 cm³/mol. The number of aromatic nitrogens is 2. The quantitative estimate of drug-likeness (QED) is 0.552. The molecular weight excluding hydrogens is 416 g/mol. The fourth-order valence-electron chi connectivity index (χ4n) is 2.55. The number of fused-ring (bicyclic) bond motifs is 1. The van der Waals surface area contributed by atoms with Crippen molar-refractivity contribution < 1.29 is 17.9 Å². The number of carbonyl (C=O) groups excluding carboxylic acids is 1. The molecule has 0 saturated carbocycles. The monoisotopic (exact) mass is 436 g/mol. The van der Waals surface area contributed by atoms with Crippen LogP contribution >= 0.6 is 11.3 Å². The van der Waals surface area contributed by atoms with Crippen molar-refractivity contribution in [3.05, 3.63) is 51.9 Å². The number of sulfonamides is 1. The molecule has 29 heavy (non-hydrogen) atoms. The Kier molecular flexibility index (Phi) is 6.30. The molecule has 3 aromatic rings. The molecule has 3 rings (SSSR count). The average molecular weight is 437 g/mol. The summed E-state index contributed by atoms with van der Waals surface area (Å²) in [5.41, 5.74) is 2.05. The Morgan fingerprint density at radius 2 is 2.00 bits per heavy atom. The van der Waals surface area contributed by atoms with Crippen molar-refractivity contribution in [2.75, 3.05) is 19.1 Å². The van der Waals surface area contributed by atoms with Gasteiger partial charge in [-0.1, -0.05) is 6.92 Å². The van der Waals surface area contributed by atoms with Crippen LogP contribution in [0.5, 0.6) is 5.75 Å². The largest absolute Gasteiger partial charge is 0.497 e. The highest BCUT2D eigenvalue weighted by molar-refractivity contribution is 7.89. The maximum absolute atomic E-state index is 12.5. The predicted octanol–water partition coefficient (Wildman–Crippen LogP) is 1.47. The first-order chi connectivity index (χ1) is 13.8. The Hall–Kier alpha value is -2.76. The van der Waals surface area contributed by atoms with Crippen molar-refractivity contribution in [3.63, 3.8) is 0 Å². The van der Waals surface area contributed by atoms with Gasteiger partial charge in [0.15, 0.2) is 0 Å². The molecule has 9 nitrogen and oxygen atoms in total. The van der Waals surface area contributed by atoms with E-state index in [9.17, 15) is 18.0 Å². The molecule has 0 aliphatic rings. The molecule has 0 unspecified atom stereocenters. The highest BCUT2D eigenvalue weighted by Gasteiger charge is 2.15. The molecule has 2 aromatic heterocycles. The Balaban J connectivity index is 1.60. The van der Waals surface area contributed by atoms with Gasteiger partial charge < -0.3 is 4.74 Å². The van der Waals surface area contributed by atoms with Gasteiger partial charge >= 0.3 is 0 Å². The zero-order valence-electron chi connectivity index (χ0n) is 15.8. The topological polar surface area (TPSA) is 119 Å². The maximum atomic E-state index is 12.5. The number of amides is 1. The lowest BCUT2D eigenvalue weighted by molar-refractivity contribution is -0.117. The summed E-state index contributed by atoms with van der Waals surface area (Å²) in [6.07, 6.45) is 1.89. The Morgan fingerprint density at radius 1 is 1.28 bits per heavy atom. The molecule has 0 aliphatic heterocycles. The molecule has 0 radical (unpaired) electrons. The zero-order valence-corrected chi connectivity index (χ0v) is 17.5. The first kappa shape index (κ1) is 21.0. The number of carbonyl (C=O) groups is 1. The summed E-state index contributed by atoms with van der Waals surface area (Å²) in [5, 5.41) is 0.440. The van der Waals surface area contributed by atoms with Crippen molar-refractivity contribution in [3.8, 4) is 5.75 Å². The van der Waals surface area contributed by atoms with Crippen molar-refractivity contribution in [2.45, 2.75) is 24.7 Å². The number of nitrogens with one attached hydrogen (secondary N) is 2. The second-order valence-corrected chi connectivity index (χ2v) is 8.95.